The van der Waals surface area contributed by atoms with Crippen molar-refractivity contribution in [3.05, 3.63) is 71.7 Å². The summed E-state index contributed by atoms with van der Waals surface area (Å²) in [5.74, 6) is 0.421. The van der Waals surface area contributed by atoms with Gasteiger partial charge in [0, 0.05) is 11.6 Å². The number of halogens is 2. The fraction of sp³-hybridized carbons (Fsp3) is 0.200. The molecule has 8 heteroatoms. The molecule has 6 nitrogen and oxygen atoms in total. The molecule has 0 bridgehead atoms. The molecule has 140 valence electrons. The summed E-state index contributed by atoms with van der Waals surface area (Å²) in [5.41, 5.74) is 1.29. The van der Waals surface area contributed by atoms with Gasteiger partial charge in [-0.25, -0.2) is 13.8 Å². The maximum Gasteiger partial charge on any atom is 0.272 e. The third kappa shape index (κ3) is 2.52. The number of fused-ring (bicyclic) bond motifs is 1. The van der Waals surface area contributed by atoms with Crippen molar-refractivity contribution in [2.24, 2.45) is 0 Å². The minimum absolute atomic E-state index is 0.164. The maximum absolute atomic E-state index is 14.1. The lowest BCUT2D eigenvalue weighted by Gasteiger charge is -2.14. The minimum Gasteiger partial charge on any atom is -0.497 e. The summed E-state index contributed by atoms with van der Waals surface area (Å²) in [5, 5.41) is 12.8. The second-order valence-electron chi connectivity index (χ2n) is 6.81. The van der Waals surface area contributed by atoms with E-state index in [1.807, 2.05) is 24.3 Å². The van der Waals surface area contributed by atoms with Gasteiger partial charge < -0.3 is 4.74 Å². The lowest BCUT2D eigenvalue weighted by molar-refractivity contribution is 0.414. The Morgan fingerprint density at radius 1 is 1.04 bits per heavy atom. The van der Waals surface area contributed by atoms with E-state index in [1.165, 1.54) is 18.3 Å². The molecular formula is C20H15F2N5O. The predicted octanol–water partition coefficient (Wildman–Crippen LogP) is 3.55. The SMILES string of the molecule is COc1ccc(C2(c3nnc4nc(-c5ccc(F)cc5F)cnn34)CC2)cc1. The van der Waals surface area contributed by atoms with E-state index in [-0.39, 0.29) is 22.5 Å². The van der Waals surface area contributed by atoms with Crippen LogP contribution in [0.25, 0.3) is 17.0 Å². The number of hydrogen-bond donors (Lipinski definition) is 0. The van der Waals surface area contributed by atoms with Crippen LogP contribution in [0.2, 0.25) is 0 Å². The van der Waals surface area contributed by atoms with Crippen LogP contribution in [0.4, 0.5) is 8.78 Å². The number of nitrogens with zero attached hydrogens (tertiary/aromatic N) is 5. The number of aromatic nitrogens is 5. The van der Waals surface area contributed by atoms with Crippen molar-refractivity contribution in [1.82, 2.24) is 24.8 Å². The molecule has 2 heterocycles. The van der Waals surface area contributed by atoms with Gasteiger partial charge in [-0.3, -0.25) is 0 Å². The first-order chi connectivity index (χ1) is 13.6. The standard InChI is InChI=1S/C20H15F2N5O/c1-28-14-5-2-12(3-6-14)20(8-9-20)18-25-26-19-24-17(11-23-27(18)19)15-7-4-13(21)10-16(15)22/h2-7,10-11H,8-9H2,1H3. The highest BCUT2D eigenvalue weighted by Gasteiger charge is 2.50. The molecule has 28 heavy (non-hydrogen) atoms. The van der Waals surface area contributed by atoms with Crippen molar-refractivity contribution in [1.29, 1.82) is 0 Å². The van der Waals surface area contributed by atoms with Crippen LogP contribution >= 0.6 is 0 Å². The summed E-state index contributed by atoms with van der Waals surface area (Å²) < 4.78 is 34.0. The summed E-state index contributed by atoms with van der Waals surface area (Å²) in [6, 6.07) is 11.2. The van der Waals surface area contributed by atoms with Crippen LogP contribution in [0.3, 0.4) is 0 Å². The molecule has 2 aromatic heterocycles. The fourth-order valence-electron chi connectivity index (χ4n) is 3.50. The van der Waals surface area contributed by atoms with Crippen LogP contribution in [0.1, 0.15) is 24.2 Å². The first-order valence-corrected chi connectivity index (χ1v) is 8.80. The Bertz CT molecular complexity index is 1190. The van der Waals surface area contributed by atoms with Gasteiger partial charge in [-0.15, -0.1) is 10.2 Å². The Morgan fingerprint density at radius 3 is 2.50 bits per heavy atom. The number of ether oxygens (including phenoxy) is 1. The second kappa shape index (κ2) is 6.05. The Kier molecular flexibility index (Phi) is 3.61. The van der Waals surface area contributed by atoms with Crippen molar-refractivity contribution >= 4 is 5.78 Å². The molecule has 4 aromatic rings. The maximum atomic E-state index is 14.1. The van der Waals surface area contributed by atoms with Crippen molar-refractivity contribution < 1.29 is 13.5 Å². The first-order valence-electron chi connectivity index (χ1n) is 8.80. The van der Waals surface area contributed by atoms with Gasteiger partial charge in [0.15, 0.2) is 5.82 Å². The zero-order valence-corrected chi connectivity index (χ0v) is 14.9. The number of methoxy groups -OCH3 is 1. The highest BCUT2D eigenvalue weighted by Crippen LogP contribution is 2.52. The highest BCUT2D eigenvalue weighted by atomic mass is 19.1. The Labute approximate surface area is 158 Å². The van der Waals surface area contributed by atoms with E-state index in [0.29, 0.717) is 5.82 Å². The van der Waals surface area contributed by atoms with E-state index in [0.717, 1.165) is 30.2 Å². The smallest absolute Gasteiger partial charge is 0.272 e. The lowest BCUT2D eigenvalue weighted by atomic mass is 9.95. The normalized spacial score (nSPS) is 15.0. The zero-order valence-electron chi connectivity index (χ0n) is 14.9. The molecule has 5 rings (SSSR count). The molecule has 1 fully saturated rings. The van der Waals surface area contributed by atoms with Crippen molar-refractivity contribution in [2.75, 3.05) is 7.11 Å². The summed E-state index contributed by atoms with van der Waals surface area (Å²) in [7, 11) is 1.63. The Balaban J connectivity index is 1.56. The summed E-state index contributed by atoms with van der Waals surface area (Å²) >= 11 is 0. The van der Waals surface area contributed by atoms with Gasteiger partial charge in [0.05, 0.1) is 24.4 Å². The predicted molar refractivity (Wildman–Crippen MR) is 96.9 cm³/mol. The van der Waals surface area contributed by atoms with Crippen LogP contribution < -0.4 is 4.74 Å². The average molecular weight is 379 g/mol. The number of hydrogen-bond acceptors (Lipinski definition) is 5. The molecule has 2 aromatic carbocycles. The van der Waals surface area contributed by atoms with Crippen LogP contribution in [0, 0.1) is 11.6 Å². The molecule has 0 atom stereocenters. The third-order valence-corrected chi connectivity index (χ3v) is 5.17. The van der Waals surface area contributed by atoms with Gasteiger partial charge in [0.1, 0.15) is 17.4 Å². The van der Waals surface area contributed by atoms with Gasteiger partial charge in [-0.05, 0) is 42.7 Å². The number of rotatable bonds is 4. The fourth-order valence-corrected chi connectivity index (χ4v) is 3.50. The van der Waals surface area contributed by atoms with E-state index >= 15 is 0 Å². The number of benzene rings is 2. The molecule has 1 aliphatic rings. The molecule has 0 amide bonds. The van der Waals surface area contributed by atoms with Crippen LogP contribution in [-0.4, -0.2) is 31.9 Å². The van der Waals surface area contributed by atoms with Gasteiger partial charge in [0.2, 0.25) is 0 Å². The molecule has 1 saturated carbocycles. The van der Waals surface area contributed by atoms with Gasteiger partial charge >= 0.3 is 0 Å². The van der Waals surface area contributed by atoms with E-state index in [1.54, 1.807) is 11.6 Å². The van der Waals surface area contributed by atoms with E-state index in [2.05, 4.69) is 20.3 Å². The molecule has 1 aliphatic carbocycles. The van der Waals surface area contributed by atoms with E-state index in [9.17, 15) is 8.78 Å². The summed E-state index contributed by atoms with van der Waals surface area (Å²) in [6.45, 7) is 0. The van der Waals surface area contributed by atoms with Crippen LogP contribution in [-0.2, 0) is 5.41 Å². The van der Waals surface area contributed by atoms with Crippen LogP contribution in [0.15, 0.2) is 48.7 Å². The zero-order chi connectivity index (χ0) is 19.3. The largest absolute Gasteiger partial charge is 0.497 e. The monoisotopic (exact) mass is 379 g/mol. The van der Waals surface area contributed by atoms with Crippen molar-refractivity contribution in [3.8, 4) is 17.0 Å². The lowest BCUT2D eigenvalue weighted by Crippen LogP contribution is -2.15. The van der Waals surface area contributed by atoms with Gasteiger partial charge in [0.25, 0.3) is 5.78 Å². The molecule has 0 saturated heterocycles. The van der Waals surface area contributed by atoms with E-state index in [4.69, 9.17) is 4.74 Å². The van der Waals surface area contributed by atoms with Crippen molar-refractivity contribution in [3.63, 3.8) is 0 Å². The van der Waals surface area contributed by atoms with E-state index < -0.39 is 11.6 Å². The molecule has 0 radical (unpaired) electrons. The molecule has 0 aliphatic heterocycles. The average Bonchev–Trinajstić information content (AvgIpc) is 3.40. The summed E-state index contributed by atoms with van der Waals surface area (Å²) in [6.07, 6.45) is 3.30. The molecular weight excluding hydrogens is 364 g/mol. The second-order valence-corrected chi connectivity index (χ2v) is 6.81. The quantitative estimate of drug-likeness (QED) is 0.543. The topological polar surface area (TPSA) is 65.2 Å². The Hall–Kier alpha value is -3.42. The third-order valence-electron chi connectivity index (χ3n) is 5.17. The molecule has 0 spiro atoms. The van der Waals surface area contributed by atoms with Gasteiger partial charge in [-0.2, -0.15) is 9.61 Å². The highest BCUT2D eigenvalue weighted by molar-refractivity contribution is 5.60. The Morgan fingerprint density at radius 2 is 1.82 bits per heavy atom. The van der Waals surface area contributed by atoms with Gasteiger partial charge in [-0.1, -0.05) is 12.1 Å². The summed E-state index contributed by atoms with van der Waals surface area (Å²) in [4.78, 5) is 4.36. The van der Waals surface area contributed by atoms with Crippen molar-refractivity contribution in [2.45, 2.75) is 18.3 Å². The minimum atomic E-state index is -0.699. The van der Waals surface area contributed by atoms with Crippen LogP contribution in [0.5, 0.6) is 5.75 Å². The molecule has 0 N–H and O–H groups in total. The first kappa shape index (κ1) is 16.7. The molecule has 0 unspecified atom stereocenters.